The second-order valence-electron chi connectivity index (χ2n) is 4.03. The fourth-order valence-electron chi connectivity index (χ4n) is 2.02. The Kier molecular flexibility index (Phi) is 3.52. The first-order valence-electron chi connectivity index (χ1n) is 5.62. The lowest BCUT2D eigenvalue weighted by molar-refractivity contribution is -0.140. The van der Waals surface area contributed by atoms with Crippen LogP contribution in [0.2, 0.25) is 0 Å². The standard InChI is InChI=1S/C13H16O4/c1-15-10-4-5-12-11(7-10)9(8-17-12)3-6-13(14)16-2/h4-5,7,9H,3,6,8H2,1-2H3/t9-/m0/s1. The maximum absolute atomic E-state index is 11.1. The Hall–Kier alpha value is -1.71. The van der Waals surface area contributed by atoms with Crippen LogP contribution in [-0.4, -0.2) is 26.8 Å². The molecule has 0 amide bonds. The molecule has 1 heterocycles. The Morgan fingerprint density at radius 3 is 3.00 bits per heavy atom. The summed E-state index contributed by atoms with van der Waals surface area (Å²) in [5.74, 6) is 1.78. The quantitative estimate of drug-likeness (QED) is 0.751. The highest BCUT2D eigenvalue weighted by Gasteiger charge is 2.25. The summed E-state index contributed by atoms with van der Waals surface area (Å²) in [4.78, 5) is 11.1. The predicted octanol–water partition coefficient (Wildman–Crippen LogP) is 2.12. The van der Waals surface area contributed by atoms with Crippen molar-refractivity contribution in [2.75, 3.05) is 20.8 Å². The van der Waals surface area contributed by atoms with Gasteiger partial charge in [-0.2, -0.15) is 0 Å². The molecule has 0 spiro atoms. The molecule has 0 unspecified atom stereocenters. The van der Waals surface area contributed by atoms with Gasteiger partial charge in [0.15, 0.2) is 0 Å². The fourth-order valence-corrected chi connectivity index (χ4v) is 2.02. The summed E-state index contributed by atoms with van der Waals surface area (Å²) < 4.78 is 15.4. The topological polar surface area (TPSA) is 44.8 Å². The number of carbonyl (C=O) groups excluding carboxylic acids is 1. The van der Waals surface area contributed by atoms with Gasteiger partial charge in [-0.05, 0) is 24.6 Å². The van der Waals surface area contributed by atoms with Crippen LogP contribution in [0.25, 0.3) is 0 Å². The lowest BCUT2D eigenvalue weighted by atomic mass is 9.96. The molecule has 0 bridgehead atoms. The summed E-state index contributed by atoms with van der Waals surface area (Å²) in [5, 5.41) is 0. The van der Waals surface area contributed by atoms with E-state index in [-0.39, 0.29) is 11.9 Å². The molecule has 92 valence electrons. The summed E-state index contributed by atoms with van der Waals surface area (Å²) in [6, 6.07) is 5.76. The van der Waals surface area contributed by atoms with Gasteiger partial charge in [0.1, 0.15) is 11.5 Å². The van der Waals surface area contributed by atoms with Crippen LogP contribution in [0.15, 0.2) is 18.2 Å². The summed E-state index contributed by atoms with van der Waals surface area (Å²) in [6.45, 7) is 0.624. The zero-order valence-electron chi connectivity index (χ0n) is 10.1. The lowest BCUT2D eigenvalue weighted by Crippen LogP contribution is -2.06. The molecule has 1 aliphatic rings. The molecule has 0 aliphatic carbocycles. The Morgan fingerprint density at radius 2 is 2.29 bits per heavy atom. The van der Waals surface area contributed by atoms with Crippen molar-refractivity contribution >= 4 is 5.97 Å². The molecule has 17 heavy (non-hydrogen) atoms. The smallest absolute Gasteiger partial charge is 0.305 e. The van der Waals surface area contributed by atoms with Crippen molar-refractivity contribution < 1.29 is 19.0 Å². The van der Waals surface area contributed by atoms with Crippen LogP contribution in [0.3, 0.4) is 0 Å². The number of fused-ring (bicyclic) bond motifs is 1. The summed E-state index contributed by atoms with van der Waals surface area (Å²) in [5.41, 5.74) is 1.12. The van der Waals surface area contributed by atoms with Crippen LogP contribution in [-0.2, 0) is 9.53 Å². The zero-order valence-corrected chi connectivity index (χ0v) is 10.1. The molecule has 0 saturated heterocycles. The normalized spacial score (nSPS) is 17.2. The highest BCUT2D eigenvalue weighted by atomic mass is 16.5. The van der Waals surface area contributed by atoms with Gasteiger partial charge in [-0.1, -0.05) is 0 Å². The van der Waals surface area contributed by atoms with Crippen molar-refractivity contribution in [3.05, 3.63) is 23.8 Å². The van der Waals surface area contributed by atoms with Crippen LogP contribution in [0.4, 0.5) is 0 Å². The Balaban J connectivity index is 2.07. The number of esters is 1. The van der Waals surface area contributed by atoms with Crippen LogP contribution < -0.4 is 9.47 Å². The largest absolute Gasteiger partial charge is 0.497 e. The van der Waals surface area contributed by atoms with Crippen molar-refractivity contribution in [2.45, 2.75) is 18.8 Å². The third-order valence-electron chi connectivity index (χ3n) is 3.02. The van der Waals surface area contributed by atoms with Gasteiger partial charge in [0.2, 0.25) is 0 Å². The van der Waals surface area contributed by atoms with Gasteiger partial charge in [-0.25, -0.2) is 0 Å². The van der Waals surface area contributed by atoms with E-state index in [1.807, 2.05) is 18.2 Å². The van der Waals surface area contributed by atoms with Crippen molar-refractivity contribution in [1.82, 2.24) is 0 Å². The summed E-state index contributed by atoms with van der Waals surface area (Å²) >= 11 is 0. The van der Waals surface area contributed by atoms with E-state index in [1.54, 1.807) is 7.11 Å². The van der Waals surface area contributed by atoms with Crippen LogP contribution in [0, 0.1) is 0 Å². The Morgan fingerprint density at radius 1 is 1.47 bits per heavy atom. The minimum absolute atomic E-state index is 0.179. The van der Waals surface area contributed by atoms with E-state index in [4.69, 9.17) is 9.47 Å². The summed E-state index contributed by atoms with van der Waals surface area (Å²) in [7, 11) is 3.05. The minimum Gasteiger partial charge on any atom is -0.497 e. The first-order chi connectivity index (χ1) is 8.24. The van der Waals surface area contributed by atoms with Crippen molar-refractivity contribution in [3.8, 4) is 11.5 Å². The molecule has 1 aromatic rings. The molecular weight excluding hydrogens is 220 g/mol. The van der Waals surface area contributed by atoms with E-state index >= 15 is 0 Å². The van der Waals surface area contributed by atoms with E-state index in [2.05, 4.69) is 4.74 Å². The maximum Gasteiger partial charge on any atom is 0.305 e. The molecule has 1 aromatic carbocycles. The van der Waals surface area contributed by atoms with E-state index in [9.17, 15) is 4.79 Å². The van der Waals surface area contributed by atoms with Crippen molar-refractivity contribution in [1.29, 1.82) is 0 Å². The van der Waals surface area contributed by atoms with Crippen LogP contribution in [0.5, 0.6) is 11.5 Å². The molecule has 1 aliphatic heterocycles. The van der Waals surface area contributed by atoms with E-state index in [0.29, 0.717) is 13.0 Å². The highest BCUT2D eigenvalue weighted by Crippen LogP contribution is 2.38. The fraction of sp³-hybridized carbons (Fsp3) is 0.462. The van der Waals surface area contributed by atoms with Gasteiger partial charge >= 0.3 is 5.97 Å². The average Bonchev–Trinajstić information content (AvgIpc) is 2.78. The number of hydrogen-bond acceptors (Lipinski definition) is 4. The van der Waals surface area contributed by atoms with Gasteiger partial charge in [-0.15, -0.1) is 0 Å². The monoisotopic (exact) mass is 236 g/mol. The third-order valence-corrected chi connectivity index (χ3v) is 3.02. The number of ether oxygens (including phenoxy) is 3. The van der Waals surface area contributed by atoms with Crippen LogP contribution in [0.1, 0.15) is 24.3 Å². The van der Waals surface area contributed by atoms with E-state index in [1.165, 1.54) is 7.11 Å². The lowest BCUT2D eigenvalue weighted by Gasteiger charge is -2.08. The second-order valence-corrected chi connectivity index (χ2v) is 4.03. The van der Waals surface area contributed by atoms with E-state index < -0.39 is 0 Å². The first kappa shape index (κ1) is 11.8. The Labute approximate surface area is 100 Å². The number of methoxy groups -OCH3 is 2. The highest BCUT2D eigenvalue weighted by molar-refractivity contribution is 5.69. The van der Waals surface area contributed by atoms with Gasteiger partial charge in [-0.3, -0.25) is 4.79 Å². The molecule has 0 N–H and O–H groups in total. The summed E-state index contributed by atoms with van der Waals surface area (Å²) in [6.07, 6.45) is 1.16. The molecule has 0 saturated carbocycles. The molecule has 0 fully saturated rings. The molecule has 2 rings (SSSR count). The van der Waals surface area contributed by atoms with Gasteiger partial charge in [0, 0.05) is 17.9 Å². The zero-order chi connectivity index (χ0) is 12.3. The van der Waals surface area contributed by atoms with Gasteiger partial charge in [0.05, 0.1) is 20.8 Å². The second kappa shape index (κ2) is 5.08. The van der Waals surface area contributed by atoms with Gasteiger partial charge in [0.25, 0.3) is 0 Å². The number of benzene rings is 1. The molecule has 0 aromatic heterocycles. The molecule has 4 heteroatoms. The number of hydrogen-bond donors (Lipinski definition) is 0. The molecule has 4 nitrogen and oxygen atoms in total. The first-order valence-corrected chi connectivity index (χ1v) is 5.62. The third kappa shape index (κ3) is 2.52. The van der Waals surface area contributed by atoms with E-state index in [0.717, 1.165) is 23.5 Å². The van der Waals surface area contributed by atoms with Crippen LogP contribution >= 0.6 is 0 Å². The molecular formula is C13H16O4. The van der Waals surface area contributed by atoms with Crippen molar-refractivity contribution in [3.63, 3.8) is 0 Å². The minimum atomic E-state index is -0.179. The number of rotatable bonds is 4. The average molecular weight is 236 g/mol. The molecule has 1 atom stereocenters. The predicted molar refractivity (Wildman–Crippen MR) is 62.5 cm³/mol. The molecule has 0 radical (unpaired) electrons. The number of carbonyl (C=O) groups is 1. The Bertz CT molecular complexity index is 414. The van der Waals surface area contributed by atoms with Gasteiger partial charge < -0.3 is 14.2 Å². The van der Waals surface area contributed by atoms with Crippen molar-refractivity contribution in [2.24, 2.45) is 0 Å². The SMILES string of the molecule is COC(=O)CC[C@H]1COc2ccc(OC)cc21. The maximum atomic E-state index is 11.1.